The van der Waals surface area contributed by atoms with Crippen molar-refractivity contribution >= 4 is 11.3 Å². The lowest BCUT2D eigenvalue weighted by Crippen LogP contribution is -2.25. The standard InChI is InChI=1S/C16H23N3S/c1-5-8-18-15(14-7-6-9-17-12(14)3)10-16-19-11(2)13(4)20-16/h6-7,9,15,18H,5,8,10H2,1-4H3. The lowest BCUT2D eigenvalue weighted by Gasteiger charge is -2.19. The van der Waals surface area contributed by atoms with E-state index in [9.17, 15) is 0 Å². The van der Waals surface area contributed by atoms with Gasteiger partial charge in [0, 0.05) is 29.2 Å². The summed E-state index contributed by atoms with van der Waals surface area (Å²) in [6.07, 6.45) is 3.92. The molecule has 0 radical (unpaired) electrons. The van der Waals surface area contributed by atoms with E-state index in [4.69, 9.17) is 0 Å². The van der Waals surface area contributed by atoms with E-state index in [1.807, 2.05) is 12.3 Å². The lowest BCUT2D eigenvalue weighted by atomic mass is 10.0. The van der Waals surface area contributed by atoms with Crippen LogP contribution in [0.25, 0.3) is 0 Å². The van der Waals surface area contributed by atoms with Gasteiger partial charge in [-0.3, -0.25) is 4.98 Å². The van der Waals surface area contributed by atoms with Crippen LogP contribution in [0.5, 0.6) is 0 Å². The molecular formula is C16H23N3S. The van der Waals surface area contributed by atoms with Crippen LogP contribution >= 0.6 is 11.3 Å². The molecule has 0 saturated heterocycles. The van der Waals surface area contributed by atoms with Gasteiger partial charge in [0.25, 0.3) is 0 Å². The molecule has 1 atom stereocenters. The van der Waals surface area contributed by atoms with Gasteiger partial charge in [0.05, 0.1) is 10.7 Å². The fraction of sp³-hybridized carbons (Fsp3) is 0.500. The molecule has 3 nitrogen and oxygen atoms in total. The van der Waals surface area contributed by atoms with Crippen LogP contribution in [0.1, 0.15) is 46.2 Å². The number of hydrogen-bond donors (Lipinski definition) is 1. The van der Waals surface area contributed by atoms with Crippen LogP contribution in [0.15, 0.2) is 18.3 Å². The number of thiazole rings is 1. The van der Waals surface area contributed by atoms with E-state index in [1.54, 1.807) is 11.3 Å². The van der Waals surface area contributed by atoms with Gasteiger partial charge in [-0.2, -0.15) is 0 Å². The van der Waals surface area contributed by atoms with Gasteiger partial charge in [-0.05, 0) is 45.4 Å². The monoisotopic (exact) mass is 289 g/mol. The second kappa shape index (κ2) is 6.95. The summed E-state index contributed by atoms with van der Waals surface area (Å²) in [6, 6.07) is 4.48. The van der Waals surface area contributed by atoms with Gasteiger partial charge >= 0.3 is 0 Å². The van der Waals surface area contributed by atoms with Crippen LogP contribution in [0.2, 0.25) is 0 Å². The fourth-order valence-electron chi connectivity index (χ4n) is 2.28. The molecule has 2 rings (SSSR count). The molecule has 0 bridgehead atoms. The number of nitrogens with zero attached hydrogens (tertiary/aromatic N) is 2. The molecule has 1 N–H and O–H groups in total. The maximum Gasteiger partial charge on any atom is 0.0949 e. The molecule has 108 valence electrons. The van der Waals surface area contributed by atoms with Crippen LogP contribution in [0, 0.1) is 20.8 Å². The maximum absolute atomic E-state index is 4.67. The molecule has 0 aliphatic carbocycles. The Labute approximate surface area is 125 Å². The smallest absolute Gasteiger partial charge is 0.0949 e. The number of hydrogen-bond acceptors (Lipinski definition) is 4. The van der Waals surface area contributed by atoms with E-state index in [0.29, 0.717) is 6.04 Å². The third-order valence-electron chi connectivity index (χ3n) is 3.52. The van der Waals surface area contributed by atoms with E-state index in [0.717, 1.165) is 30.8 Å². The van der Waals surface area contributed by atoms with E-state index < -0.39 is 0 Å². The highest BCUT2D eigenvalue weighted by Crippen LogP contribution is 2.24. The Balaban J connectivity index is 2.21. The minimum absolute atomic E-state index is 0.300. The molecule has 0 amide bonds. The highest BCUT2D eigenvalue weighted by Gasteiger charge is 2.16. The Morgan fingerprint density at radius 1 is 1.25 bits per heavy atom. The zero-order chi connectivity index (χ0) is 14.5. The van der Waals surface area contributed by atoms with Gasteiger partial charge in [-0.25, -0.2) is 4.98 Å². The van der Waals surface area contributed by atoms with Crippen molar-refractivity contribution < 1.29 is 0 Å². The molecule has 0 saturated carbocycles. The Kier molecular flexibility index (Phi) is 5.26. The zero-order valence-corrected chi connectivity index (χ0v) is 13.5. The maximum atomic E-state index is 4.67. The summed E-state index contributed by atoms with van der Waals surface area (Å²) >= 11 is 1.81. The molecule has 2 aromatic heterocycles. The Hall–Kier alpha value is -1.26. The van der Waals surface area contributed by atoms with Crippen molar-refractivity contribution in [3.8, 4) is 0 Å². The van der Waals surface area contributed by atoms with Gasteiger partial charge in [-0.1, -0.05) is 13.0 Å². The van der Waals surface area contributed by atoms with Crippen molar-refractivity contribution in [3.63, 3.8) is 0 Å². The second-order valence-corrected chi connectivity index (χ2v) is 6.43. The first-order valence-electron chi connectivity index (χ1n) is 7.19. The van der Waals surface area contributed by atoms with Crippen molar-refractivity contribution in [3.05, 3.63) is 45.2 Å². The molecule has 2 heterocycles. The molecule has 0 aliphatic heterocycles. The van der Waals surface area contributed by atoms with Crippen molar-refractivity contribution in [2.45, 2.75) is 46.6 Å². The number of aromatic nitrogens is 2. The molecule has 1 unspecified atom stereocenters. The predicted molar refractivity (Wildman–Crippen MR) is 85.3 cm³/mol. The summed E-state index contributed by atoms with van der Waals surface area (Å²) in [6.45, 7) is 9.51. The molecule has 0 aliphatic rings. The average Bonchev–Trinajstić information content (AvgIpc) is 2.74. The van der Waals surface area contributed by atoms with Crippen molar-refractivity contribution in [2.75, 3.05) is 6.54 Å². The quantitative estimate of drug-likeness (QED) is 0.880. The van der Waals surface area contributed by atoms with Crippen LogP contribution < -0.4 is 5.32 Å². The van der Waals surface area contributed by atoms with Crippen LogP contribution in [0.3, 0.4) is 0 Å². The van der Waals surface area contributed by atoms with E-state index in [-0.39, 0.29) is 0 Å². The van der Waals surface area contributed by atoms with Gasteiger partial charge in [0.15, 0.2) is 0 Å². The summed E-state index contributed by atoms with van der Waals surface area (Å²) in [5.41, 5.74) is 3.54. The normalized spacial score (nSPS) is 12.6. The Morgan fingerprint density at radius 3 is 2.65 bits per heavy atom. The van der Waals surface area contributed by atoms with Crippen molar-refractivity contribution in [1.82, 2.24) is 15.3 Å². The average molecular weight is 289 g/mol. The minimum Gasteiger partial charge on any atom is -0.310 e. The SMILES string of the molecule is CCCNC(Cc1nc(C)c(C)s1)c1cccnc1C. The summed E-state index contributed by atoms with van der Waals surface area (Å²) in [7, 11) is 0. The number of rotatable bonds is 6. The highest BCUT2D eigenvalue weighted by molar-refractivity contribution is 7.11. The molecule has 2 aromatic rings. The summed E-state index contributed by atoms with van der Waals surface area (Å²) in [5.74, 6) is 0. The Bertz CT molecular complexity index is 543. The molecule has 0 aromatic carbocycles. The van der Waals surface area contributed by atoms with E-state index in [2.05, 4.69) is 49.0 Å². The van der Waals surface area contributed by atoms with Gasteiger partial charge < -0.3 is 5.32 Å². The summed E-state index contributed by atoms with van der Waals surface area (Å²) in [5, 5.41) is 4.84. The summed E-state index contributed by atoms with van der Waals surface area (Å²) < 4.78 is 0. The van der Waals surface area contributed by atoms with Crippen molar-refractivity contribution in [2.24, 2.45) is 0 Å². The third kappa shape index (κ3) is 3.64. The van der Waals surface area contributed by atoms with Gasteiger partial charge in [0.2, 0.25) is 0 Å². The highest BCUT2D eigenvalue weighted by atomic mass is 32.1. The topological polar surface area (TPSA) is 37.8 Å². The lowest BCUT2D eigenvalue weighted by molar-refractivity contribution is 0.524. The van der Waals surface area contributed by atoms with Crippen LogP contribution in [-0.4, -0.2) is 16.5 Å². The van der Waals surface area contributed by atoms with Crippen LogP contribution in [0.4, 0.5) is 0 Å². The number of nitrogens with one attached hydrogen (secondary N) is 1. The molecule has 4 heteroatoms. The number of pyridine rings is 1. The van der Waals surface area contributed by atoms with Gasteiger partial charge in [-0.15, -0.1) is 11.3 Å². The second-order valence-electron chi connectivity index (χ2n) is 5.14. The first-order chi connectivity index (χ1) is 9.61. The Morgan fingerprint density at radius 2 is 2.05 bits per heavy atom. The molecule has 0 spiro atoms. The van der Waals surface area contributed by atoms with Gasteiger partial charge in [0.1, 0.15) is 0 Å². The fourth-order valence-corrected chi connectivity index (χ4v) is 3.26. The summed E-state index contributed by atoms with van der Waals surface area (Å²) in [4.78, 5) is 10.4. The third-order valence-corrected chi connectivity index (χ3v) is 4.61. The minimum atomic E-state index is 0.300. The van der Waals surface area contributed by atoms with E-state index >= 15 is 0 Å². The molecule has 0 fully saturated rings. The first kappa shape index (κ1) is 15.1. The molecular weight excluding hydrogens is 266 g/mol. The van der Waals surface area contributed by atoms with E-state index in [1.165, 1.54) is 15.4 Å². The first-order valence-corrected chi connectivity index (χ1v) is 8.01. The molecule has 20 heavy (non-hydrogen) atoms. The zero-order valence-electron chi connectivity index (χ0n) is 12.7. The predicted octanol–water partition coefficient (Wildman–Crippen LogP) is 3.75. The van der Waals surface area contributed by atoms with Crippen molar-refractivity contribution in [1.29, 1.82) is 0 Å². The number of aryl methyl sites for hydroxylation is 3. The largest absolute Gasteiger partial charge is 0.310 e. The van der Waals surface area contributed by atoms with Crippen LogP contribution in [-0.2, 0) is 6.42 Å².